The van der Waals surface area contributed by atoms with Crippen LogP contribution in [0.3, 0.4) is 0 Å². The van der Waals surface area contributed by atoms with Gasteiger partial charge in [-0.25, -0.2) is 13.8 Å². The first-order chi connectivity index (χ1) is 8.97. The third-order valence-corrected chi connectivity index (χ3v) is 3.23. The van der Waals surface area contributed by atoms with E-state index in [4.69, 9.17) is 0 Å². The molecule has 0 atom stereocenters. The zero-order chi connectivity index (χ0) is 14.0. The van der Waals surface area contributed by atoms with Crippen molar-refractivity contribution in [2.75, 3.05) is 11.9 Å². The summed E-state index contributed by atoms with van der Waals surface area (Å²) in [4.78, 5) is 6.08. The topological polar surface area (TPSA) is 16.1 Å². The molecule has 100 valence electrons. The molecule has 2 nitrogen and oxygen atoms in total. The number of aromatic nitrogens is 1. The van der Waals surface area contributed by atoms with Crippen LogP contribution in [0.4, 0.5) is 14.6 Å². The molecule has 2 rings (SSSR count). The maximum Gasteiger partial charge on any atom is 0.131 e. The molecule has 0 saturated heterocycles. The molecule has 0 aliphatic carbocycles. The smallest absolute Gasteiger partial charge is 0.131 e. The monoisotopic (exact) mass is 326 g/mol. The Balaban J connectivity index is 2.25. The molecule has 0 amide bonds. The Hall–Kier alpha value is -1.49. The number of benzene rings is 1. The Labute approximate surface area is 119 Å². The fourth-order valence-corrected chi connectivity index (χ4v) is 2.37. The van der Waals surface area contributed by atoms with Crippen molar-refractivity contribution in [1.82, 2.24) is 4.98 Å². The number of nitrogens with zero attached hydrogens (tertiary/aromatic N) is 2. The molecule has 5 heteroatoms. The summed E-state index contributed by atoms with van der Waals surface area (Å²) in [6.45, 7) is 2.19. The zero-order valence-corrected chi connectivity index (χ0v) is 12.2. The van der Waals surface area contributed by atoms with Gasteiger partial charge in [0.1, 0.15) is 17.5 Å². The number of hydrogen-bond donors (Lipinski definition) is 0. The maximum atomic E-state index is 13.6. The van der Waals surface area contributed by atoms with Gasteiger partial charge in [-0.05, 0) is 52.7 Å². The first-order valence-corrected chi connectivity index (χ1v) is 6.54. The van der Waals surface area contributed by atoms with Gasteiger partial charge in [0.05, 0.1) is 0 Å². The van der Waals surface area contributed by atoms with Gasteiger partial charge in [-0.2, -0.15) is 0 Å². The summed E-state index contributed by atoms with van der Waals surface area (Å²) in [6, 6.07) is 5.39. The van der Waals surface area contributed by atoms with E-state index in [0.717, 1.165) is 28.0 Å². The van der Waals surface area contributed by atoms with Gasteiger partial charge in [0, 0.05) is 29.8 Å². The number of hydrogen-bond acceptors (Lipinski definition) is 2. The number of aryl methyl sites for hydroxylation is 1. The highest BCUT2D eigenvalue weighted by molar-refractivity contribution is 9.10. The van der Waals surface area contributed by atoms with Gasteiger partial charge in [0.25, 0.3) is 0 Å². The van der Waals surface area contributed by atoms with Crippen molar-refractivity contribution >= 4 is 21.7 Å². The highest BCUT2D eigenvalue weighted by Gasteiger charge is 2.11. The fourth-order valence-electron chi connectivity index (χ4n) is 1.93. The van der Waals surface area contributed by atoms with Crippen molar-refractivity contribution in [1.29, 1.82) is 0 Å². The van der Waals surface area contributed by atoms with Crippen molar-refractivity contribution in [3.05, 3.63) is 57.7 Å². The Bertz CT molecular complexity index is 602. The molecule has 0 unspecified atom stereocenters. The van der Waals surface area contributed by atoms with E-state index in [2.05, 4.69) is 20.9 Å². The van der Waals surface area contributed by atoms with E-state index in [1.165, 1.54) is 6.07 Å². The van der Waals surface area contributed by atoms with Crippen molar-refractivity contribution in [3.8, 4) is 0 Å². The summed E-state index contributed by atoms with van der Waals surface area (Å²) in [5.41, 5.74) is 1.28. The van der Waals surface area contributed by atoms with Gasteiger partial charge < -0.3 is 4.90 Å². The molecule has 0 fully saturated rings. The summed E-state index contributed by atoms with van der Waals surface area (Å²) < 4.78 is 27.6. The molecule has 1 heterocycles. The molecule has 1 aromatic carbocycles. The summed E-state index contributed by atoms with van der Waals surface area (Å²) in [7, 11) is 1.80. The second kappa shape index (κ2) is 5.65. The van der Waals surface area contributed by atoms with Crippen LogP contribution in [-0.2, 0) is 6.54 Å². The molecule has 0 spiro atoms. The minimum Gasteiger partial charge on any atom is -0.355 e. The van der Waals surface area contributed by atoms with Gasteiger partial charge in [0.15, 0.2) is 0 Å². The SMILES string of the molecule is Cc1cc(Br)cnc1N(C)Cc1cc(F)ccc1F. The minimum atomic E-state index is -0.440. The third kappa shape index (κ3) is 3.29. The van der Waals surface area contributed by atoms with Crippen LogP contribution in [0, 0.1) is 18.6 Å². The van der Waals surface area contributed by atoms with Crippen LogP contribution in [0.25, 0.3) is 0 Å². The zero-order valence-electron chi connectivity index (χ0n) is 10.6. The highest BCUT2D eigenvalue weighted by atomic mass is 79.9. The predicted octanol–water partition coefficient (Wildman–Crippen LogP) is 4.07. The molecular formula is C14H13BrF2N2. The van der Waals surface area contributed by atoms with E-state index in [-0.39, 0.29) is 6.54 Å². The quantitative estimate of drug-likeness (QED) is 0.845. The van der Waals surface area contributed by atoms with Crippen LogP contribution >= 0.6 is 15.9 Å². The fraction of sp³-hybridized carbons (Fsp3) is 0.214. The Morgan fingerprint density at radius 1 is 1.26 bits per heavy atom. The predicted molar refractivity (Wildman–Crippen MR) is 75.1 cm³/mol. The molecule has 0 bridgehead atoms. The molecule has 0 N–H and O–H groups in total. The standard InChI is InChI=1S/C14H13BrF2N2/c1-9-5-11(15)7-18-14(9)19(2)8-10-6-12(16)3-4-13(10)17/h3-7H,8H2,1-2H3. The van der Waals surface area contributed by atoms with E-state index >= 15 is 0 Å². The number of rotatable bonds is 3. The summed E-state index contributed by atoms with van der Waals surface area (Å²) in [5, 5.41) is 0. The lowest BCUT2D eigenvalue weighted by Gasteiger charge is -2.20. The van der Waals surface area contributed by atoms with Crippen LogP contribution < -0.4 is 4.90 Å². The lowest BCUT2D eigenvalue weighted by Crippen LogP contribution is -2.19. The average molecular weight is 327 g/mol. The van der Waals surface area contributed by atoms with Crippen molar-refractivity contribution in [2.24, 2.45) is 0 Å². The van der Waals surface area contributed by atoms with Crippen LogP contribution in [-0.4, -0.2) is 12.0 Å². The second-order valence-corrected chi connectivity index (χ2v) is 5.30. The lowest BCUT2D eigenvalue weighted by atomic mass is 10.2. The van der Waals surface area contributed by atoms with Crippen LogP contribution in [0.2, 0.25) is 0 Å². The third-order valence-electron chi connectivity index (χ3n) is 2.79. The number of anilines is 1. The number of halogens is 3. The molecule has 0 radical (unpaired) electrons. The number of pyridine rings is 1. The molecular weight excluding hydrogens is 314 g/mol. The molecule has 1 aromatic heterocycles. The molecule has 0 aliphatic rings. The summed E-state index contributed by atoms with van der Waals surface area (Å²) in [5.74, 6) is -0.111. The summed E-state index contributed by atoms with van der Waals surface area (Å²) >= 11 is 3.34. The molecule has 0 aliphatic heterocycles. The van der Waals surface area contributed by atoms with Gasteiger partial charge in [0.2, 0.25) is 0 Å². The first-order valence-electron chi connectivity index (χ1n) is 5.74. The van der Waals surface area contributed by atoms with Gasteiger partial charge >= 0.3 is 0 Å². The molecule has 0 saturated carbocycles. The van der Waals surface area contributed by atoms with Crippen molar-refractivity contribution in [2.45, 2.75) is 13.5 Å². The molecule has 2 aromatic rings. The Morgan fingerprint density at radius 3 is 2.68 bits per heavy atom. The Kier molecular flexibility index (Phi) is 4.14. The largest absolute Gasteiger partial charge is 0.355 e. The van der Waals surface area contributed by atoms with E-state index in [1.807, 2.05) is 13.0 Å². The highest BCUT2D eigenvalue weighted by Crippen LogP contribution is 2.22. The van der Waals surface area contributed by atoms with Gasteiger partial charge in [-0.15, -0.1) is 0 Å². The van der Waals surface area contributed by atoms with Gasteiger partial charge in [-0.1, -0.05) is 0 Å². The molecule has 19 heavy (non-hydrogen) atoms. The van der Waals surface area contributed by atoms with E-state index < -0.39 is 11.6 Å². The average Bonchev–Trinajstić information content (AvgIpc) is 2.33. The van der Waals surface area contributed by atoms with Crippen LogP contribution in [0.1, 0.15) is 11.1 Å². The van der Waals surface area contributed by atoms with Crippen LogP contribution in [0.15, 0.2) is 34.9 Å². The maximum absolute atomic E-state index is 13.6. The van der Waals surface area contributed by atoms with Crippen LogP contribution in [0.5, 0.6) is 0 Å². The van der Waals surface area contributed by atoms with E-state index in [0.29, 0.717) is 5.56 Å². The van der Waals surface area contributed by atoms with Crippen molar-refractivity contribution < 1.29 is 8.78 Å². The van der Waals surface area contributed by atoms with Gasteiger partial charge in [-0.3, -0.25) is 0 Å². The normalized spacial score (nSPS) is 10.6. The first kappa shape index (κ1) is 13.9. The van der Waals surface area contributed by atoms with E-state index in [9.17, 15) is 8.78 Å². The minimum absolute atomic E-state index is 0.263. The lowest BCUT2D eigenvalue weighted by molar-refractivity contribution is 0.583. The van der Waals surface area contributed by atoms with Crippen molar-refractivity contribution in [3.63, 3.8) is 0 Å². The Morgan fingerprint density at radius 2 is 2.00 bits per heavy atom. The van der Waals surface area contributed by atoms with E-state index in [1.54, 1.807) is 18.1 Å². The summed E-state index contributed by atoms with van der Waals surface area (Å²) in [6.07, 6.45) is 1.68. The second-order valence-electron chi connectivity index (χ2n) is 4.39.